The predicted molar refractivity (Wildman–Crippen MR) is 105 cm³/mol. The van der Waals surface area contributed by atoms with Gasteiger partial charge in [-0.1, -0.05) is 42.5 Å². The second kappa shape index (κ2) is 8.13. The summed E-state index contributed by atoms with van der Waals surface area (Å²) >= 11 is 0. The topological polar surface area (TPSA) is 101 Å². The Morgan fingerprint density at radius 3 is 2.40 bits per heavy atom. The van der Waals surface area contributed by atoms with Gasteiger partial charge in [-0.2, -0.15) is 18.4 Å². The third-order valence-corrected chi connectivity index (χ3v) is 4.33. The second-order valence-corrected chi connectivity index (χ2v) is 6.37. The van der Waals surface area contributed by atoms with E-state index in [1.807, 2.05) is 0 Å². The lowest BCUT2D eigenvalue weighted by atomic mass is 10.0. The van der Waals surface area contributed by atoms with E-state index in [9.17, 15) is 28.0 Å². The van der Waals surface area contributed by atoms with E-state index in [1.165, 1.54) is 30.3 Å². The van der Waals surface area contributed by atoms with Crippen LogP contribution in [0.4, 0.5) is 23.7 Å². The number of nitriles is 1. The number of rotatable bonds is 4. The summed E-state index contributed by atoms with van der Waals surface area (Å²) in [5.74, 6) is 0. The lowest BCUT2D eigenvalue weighted by Gasteiger charge is -2.18. The first kappa shape index (κ1) is 20.7. The lowest BCUT2D eigenvalue weighted by Crippen LogP contribution is -2.28. The molecule has 30 heavy (non-hydrogen) atoms. The Morgan fingerprint density at radius 1 is 1.10 bits per heavy atom. The molecule has 9 heteroatoms. The minimum Gasteiger partial charge on any atom is -0.351 e. The first-order valence-electron chi connectivity index (χ1n) is 8.66. The first-order valence-corrected chi connectivity index (χ1v) is 8.66. The number of primary amides is 1. The van der Waals surface area contributed by atoms with Crippen LogP contribution in [0.3, 0.4) is 0 Å². The summed E-state index contributed by atoms with van der Waals surface area (Å²) in [5, 5.41) is 11.6. The predicted octanol–water partition coefficient (Wildman–Crippen LogP) is 3.94. The normalized spacial score (nSPS) is 11.0. The Morgan fingerprint density at radius 2 is 1.80 bits per heavy atom. The van der Waals surface area contributed by atoms with E-state index in [-0.39, 0.29) is 23.5 Å². The van der Waals surface area contributed by atoms with Crippen molar-refractivity contribution in [2.45, 2.75) is 12.7 Å². The number of halogens is 3. The number of carbonyl (C=O) groups is 1. The summed E-state index contributed by atoms with van der Waals surface area (Å²) in [7, 11) is 0. The number of benzene rings is 2. The number of urea groups is 1. The molecule has 1 heterocycles. The molecule has 0 fully saturated rings. The molecule has 0 saturated carbocycles. The highest BCUT2D eigenvalue weighted by molar-refractivity contribution is 5.88. The van der Waals surface area contributed by atoms with E-state index >= 15 is 0 Å². The molecule has 0 saturated heterocycles. The van der Waals surface area contributed by atoms with Gasteiger partial charge >= 0.3 is 12.2 Å². The largest absolute Gasteiger partial charge is 0.417 e. The number of nitrogens with one attached hydrogen (secondary N) is 1. The molecule has 0 aliphatic rings. The summed E-state index contributed by atoms with van der Waals surface area (Å²) in [6.45, 7) is -0.0463. The maximum absolute atomic E-state index is 13.5. The number of nitrogens with two attached hydrogens (primary N) is 1. The molecule has 0 aliphatic heterocycles. The van der Waals surface area contributed by atoms with E-state index in [0.717, 1.165) is 10.6 Å². The van der Waals surface area contributed by atoms with Crippen molar-refractivity contribution in [1.82, 2.24) is 4.57 Å². The highest BCUT2D eigenvalue weighted by Gasteiger charge is 2.36. The minimum atomic E-state index is -4.89. The number of hydrogen-bond donors (Lipinski definition) is 2. The summed E-state index contributed by atoms with van der Waals surface area (Å²) in [4.78, 5) is 24.0. The van der Waals surface area contributed by atoms with Gasteiger partial charge in [0.25, 0.3) is 5.56 Å². The van der Waals surface area contributed by atoms with Crippen LogP contribution in [-0.4, -0.2) is 10.6 Å². The van der Waals surface area contributed by atoms with Crippen molar-refractivity contribution in [2.24, 2.45) is 5.73 Å². The third kappa shape index (κ3) is 4.33. The molecule has 2 aromatic carbocycles. The molecule has 3 rings (SSSR count). The van der Waals surface area contributed by atoms with Crippen LogP contribution in [0.1, 0.15) is 16.7 Å². The van der Waals surface area contributed by atoms with Crippen molar-refractivity contribution in [3.8, 4) is 17.3 Å². The standard InChI is InChI=1S/C21H15F3N4O2/c22-21(23,24)17-10-18(14-7-4-8-15(9-14)27-20(26)30)28(19(29)16(17)11-25)12-13-5-2-1-3-6-13/h1-10H,12H2,(H3,26,27,30). The average molecular weight is 412 g/mol. The van der Waals surface area contributed by atoms with Crippen LogP contribution in [0, 0.1) is 11.3 Å². The van der Waals surface area contributed by atoms with Crippen LogP contribution in [0.2, 0.25) is 0 Å². The summed E-state index contributed by atoms with van der Waals surface area (Å²) in [6.07, 6.45) is -4.89. The van der Waals surface area contributed by atoms with E-state index in [1.54, 1.807) is 30.3 Å². The van der Waals surface area contributed by atoms with Gasteiger partial charge in [-0.15, -0.1) is 0 Å². The molecule has 2 amide bonds. The van der Waals surface area contributed by atoms with E-state index in [0.29, 0.717) is 5.56 Å². The maximum atomic E-state index is 13.5. The number of alkyl halides is 3. The zero-order valence-electron chi connectivity index (χ0n) is 15.4. The van der Waals surface area contributed by atoms with Gasteiger partial charge in [0, 0.05) is 11.3 Å². The molecule has 0 atom stereocenters. The Balaban J connectivity index is 2.29. The highest BCUT2D eigenvalue weighted by atomic mass is 19.4. The van der Waals surface area contributed by atoms with Gasteiger partial charge < -0.3 is 15.6 Å². The number of aromatic nitrogens is 1. The molecular formula is C21H15F3N4O2. The number of nitrogens with zero attached hydrogens (tertiary/aromatic N) is 2. The van der Waals surface area contributed by atoms with Crippen LogP contribution >= 0.6 is 0 Å². The molecule has 0 radical (unpaired) electrons. The fourth-order valence-electron chi connectivity index (χ4n) is 3.04. The quantitative estimate of drug-likeness (QED) is 0.679. The number of amides is 2. The molecule has 3 aromatic rings. The van der Waals surface area contributed by atoms with Crippen LogP contribution < -0.4 is 16.6 Å². The first-order chi connectivity index (χ1) is 14.2. The molecule has 6 nitrogen and oxygen atoms in total. The molecule has 0 spiro atoms. The van der Waals surface area contributed by atoms with Crippen molar-refractivity contribution >= 4 is 11.7 Å². The molecule has 1 aromatic heterocycles. The molecular weight excluding hydrogens is 397 g/mol. The molecule has 0 unspecified atom stereocenters. The van der Waals surface area contributed by atoms with Crippen molar-refractivity contribution in [3.63, 3.8) is 0 Å². The highest BCUT2D eigenvalue weighted by Crippen LogP contribution is 2.34. The molecule has 0 bridgehead atoms. The Bertz CT molecular complexity index is 1200. The molecule has 152 valence electrons. The molecule has 0 aliphatic carbocycles. The van der Waals surface area contributed by atoms with E-state index < -0.39 is 28.9 Å². The maximum Gasteiger partial charge on any atom is 0.417 e. The minimum absolute atomic E-state index is 0.0463. The number of carbonyl (C=O) groups excluding carboxylic acids is 1. The van der Waals surface area contributed by atoms with Gasteiger partial charge in [0.1, 0.15) is 11.6 Å². The smallest absolute Gasteiger partial charge is 0.351 e. The van der Waals surface area contributed by atoms with Crippen LogP contribution in [-0.2, 0) is 12.7 Å². The van der Waals surface area contributed by atoms with Gasteiger partial charge in [0.2, 0.25) is 0 Å². The number of pyridine rings is 1. The van der Waals surface area contributed by atoms with Crippen molar-refractivity contribution in [1.29, 1.82) is 5.26 Å². The zero-order chi connectivity index (χ0) is 21.9. The van der Waals surface area contributed by atoms with Gasteiger partial charge in [-0.3, -0.25) is 4.79 Å². The third-order valence-electron chi connectivity index (χ3n) is 4.33. The van der Waals surface area contributed by atoms with Crippen LogP contribution in [0.5, 0.6) is 0 Å². The van der Waals surface area contributed by atoms with E-state index in [4.69, 9.17) is 5.73 Å². The van der Waals surface area contributed by atoms with Crippen LogP contribution in [0.25, 0.3) is 11.3 Å². The summed E-state index contributed by atoms with van der Waals surface area (Å²) in [6, 6.07) is 15.9. The van der Waals surface area contributed by atoms with Gasteiger partial charge in [-0.05, 0) is 23.8 Å². The number of hydrogen-bond acceptors (Lipinski definition) is 3. The van der Waals surface area contributed by atoms with E-state index in [2.05, 4.69) is 5.32 Å². The average Bonchev–Trinajstić information content (AvgIpc) is 2.69. The SMILES string of the molecule is N#Cc1c(C(F)(F)F)cc(-c2cccc(NC(N)=O)c2)n(Cc2ccccc2)c1=O. The fraction of sp³-hybridized carbons (Fsp3) is 0.0952. The summed E-state index contributed by atoms with van der Waals surface area (Å²) < 4.78 is 41.7. The van der Waals surface area contributed by atoms with Crippen LogP contribution in [0.15, 0.2) is 65.5 Å². The lowest BCUT2D eigenvalue weighted by molar-refractivity contribution is -0.137. The number of anilines is 1. The second-order valence-electron chi connectivity index (χ2n) is 6.37. The monoisotopic (exact) mass is 412 g/mol. The van der Waals surface area contributed by atoms with Crippen molar-refractivity contribution < 1.29 is 18.0 Å². The van der Waals surface area contributed by atoms with Crippen molar-refractivity contribution in [3.05, 3.63) is 87.7 Å². The fourth-order valence-corrected chi connectivity index (χ4v) is 3.04. The molecule has 3 N–H and O–H groups in total. The Kier molecular flexibility index (Phi) is 5.60. The van der Waals surface area contributed by atoms with Gasteiger partial charge in [-0.25, -0.2) is 4.79 Å². The summed E-state index contributed by atoms with van der Waals surface area (Å²) in [5.41, 5.74) is 2.84. The van der Waals surface area contributed by atoms with Crippen molar-refractivity contribution in [2.75, 3.05) is 5.32 Å². The van der Waals surface area contributed by atoms with Gasteiger partial charge in [0.05, 0.1) is 17.8 Å². The Labute approximate surface area is 169 Å². The Hall–Kier alpha value is -4.06. The zero-order valence-corrected chi connectivity index (χ0v) is 15.4. The van der Waals surface area contributed by atoms with Gasteiger partial charge in [0.15, 0.2) is 0 Å².